The van der Waals surface area contributed by atoms with Crippen molar-refractivity contribution in [1.82, 2.24) is 15.6 Å². The molecule has 4 rings (SSSR count). The minimum absolute atomic E-state index is 0. The van der Waals surface area contributed by atoms with Crippen LogP contribution in [0.4, 0.5) is 10.2 Å². The largest absolute Gasteiger partial charge is 0.459 e. The first kappa shape index (κ1) is 23.3. The summed E-state index contributed by atoms with van der Waals surface area (Å²) in [5.74, 6) is 2.33. The van der Waals surface area contributed by atoms with Crippen LogP contribution in [0.1, 0.15) is 29.9 Å². The van der Waals surface area contributed by atoms with Gasteiger partial charge in [0.05, 0.1) is 6.54 Å². The van der Waals surface area contributed by atoms with Crippen molar-refractivity contribution in [3.63, 3.8) is 0 Å². The highest BCUT2D eigenvalue weighted by Gasteiger charge is 2.21. The summed E-state index contributed by atoms with van der Waals surface area (Å²) in [6.45, 7) is 6.38. The van der Waals surface area contributed by atoms with Crippen LogP contribution in [-0.2, 0) is 6.54 Å². The summed E-state index contributed by atoms with van der Waals surface area (Å²) < 4.78 is 19.4. The third kappa shape index (κ3) is 5.47. The van der Waals surface area contributed by atoms with E-state index in [1.807, 2.05) is 19.9 Å². The molecule has 0 amide bonds. The predicted octanol–water partition coefficient (Wildman–Crippen LogP) is 4.54. The van der Waals surface area contributed by atoms with Crippen LogP contribution >= 0.6 is 24.0 Å². The normalized spacial score (nSPS) is 15.1. The number of nitrogens with one attached hydrogen (secondary N) is 2. The Balaban J connectivity index is 0.00000272. The number of hydrogen-bond acceptors (Lipinski definition) is 4. The number of benzene rings is 1. The van der Waals surface area contributed by atoms with Gasteiger partial charge in [-0.25, -0.2) is 9.37 Å². The maximum Gasteiger partial charge on any atom is 0.191 e. The first-order valence-electron chi connectivity index (χ1n) is 10.4. The van der Waals surface area contributed by atoms with Crippen molar-refractivity contribution in [2.75, 3.05) is 25.0 Å². The second-order valence-electron chi connectivity index (χ2n) is 7.76. The van der Waals surface area contributed by atoms with Crippen LogP contribution < -0.4 is 15.5 Å². The number of hydrogen-bond donors (Lipinski definition) is 2. The number of guanidine groups is 1. The second kappa shape index (κ2) is 10.3. The maximum atomic E-state index is 13.5. The molecule has 8 heteroatoms. The minimum Gasteiger partial charge on any atom is -0.459 e. The van der Waals surface area contributed by atoms with Crippen molar-refractivity contribution in [3.8, 4) is 0 Å². The van der Waals surface area contributed by atoms with E-state index in [2.05, 4.69) is 37.6 Å². The highest BCUT2D eigenvalue weighted by Crippen LogP contribution is 2.26. The highest BCUT2D eigenvalue weighted by atomic mass is 127. The van der Waals surface area contributed by atoms with Crippen LogP contribution in [-0.4, -0.2) is 37.1 Å². The molecule has 1 fully saturated rings. The van der Waals surface area contributed by atoms with Crippen molar-refractivity contribution in [2.24, 2.45) is 4.99 Å². The van der Waals surface area contributed by atoms with Crippen molar-refractivity contribution < 1.29 is 8.81 Å². The Hall–Kier alpha value is -2.36. The third-order valence-corrected chi connectivity index (χ3v) is 5.67. The number of fused-ring (bicyclic) bond motifs is 1. The van der Waals surface area contributed by atoms with Crippen molar-refractivity contribution >= 4 is 46.7 Å². The quantitative estimate of drug-likeness (QED) is 0.291. The van der Waals surface area contributed by atoms with E-state index in [-0.39, 0.29) is 29.8 Å². The van der Waals surface area contributed by atoms with E-state index < -0.39 is 0 Å². The Kier molecular flexibility index (Phi) is 7.74. The molecule has 166 valence electrons. The Bertz CT molecular complexity index is 1060. The molecule has 2 N–H and O–H groups in total. The molecule has 0 unspecified atom stereocenters. The molecule has 0 saturated carbocycles. The van der Waals surface area contributed by atoms with Crippen LogP contribution in [0.25, 0.3) is 11.0 Å². The summed E-state index contributed by atoms with van der Waals surface area (Å²) >= 11 is 0. The van der Waals surface area contributed by atoms with Gasteiger partial charge in [-0.05, 0) is 57.0 Å². The minimum atomic E-state index is -0.254. The molecule has 3 heterocycles. The van der Waals surface area contributed by atoms with E-state index in [1.165, 1.54) is 12.1 Å². The van der Waals surface area contributed by atoms with E-state index in [4.69, 9.17) is 4.42 Å². The van der Waals surface area contributed by atoms with Crippen molar-refractivity contribution in [1.29, 1.82) is 0 Å². The lowest BCUT2D eigenvalue weighted by molar-refractivity contribution is 0.457. The third-order valence-electron chi connectivity index (χ3n) is 5.67. The predicted molar refractivity (Wildman–Crippen MR) is 134 cm³/mol. The van der Waals surface area contributed by atoms with E-state index in [9.17, 15) is 4.39 Å². The van der Waals surface area contributed by atoms with Gasteiger partial charge in [0.15, 0.2) is 5.96 Å². The monoisotopic (exact) mass is 537 g/mol. The zero-order valence-electron chi connectivity index (χ0n) is 18.1. The van der Waals surface area contributed by atoms with Gasteiger partial charge in [0.1, 0.15) is 23.0 Å². The molecule has 1 aliphatic heterocycles. The van der Waals surface area contributed by atoms with E-state index in [0.29, 0.717) is 18.2 Å². The number of pyridine rings is 1. The number of aliphatic imine (C=N–C) groups is 1. The van der Waals surface area contributed by atoms with E-state index >= 15 is 0 Å². The molecule has 0 bridgehead atoms. The highest BCUT2D eigenvalue weighted by molar-refractivity contribution is 14.0. The molecule has 0 atom stereocenters. The number of aromatic nitrogens is 1. The van der Waals surface area contributed by atoms with Gasteiger partial charge in [0, 0.05) is 42.8 Å². The average molecular weight is 537 g/mol. The molecular weight excluding hydrogens is 508 g/mol. The van der Waals surface area contributed by atoms with Gasteiger partial charge in [-0.15, -0.1) is 24.0 Å². The van der Waals surface area contributed by atoms with Gasteiger partial charge < -0.3 is 20.0 Å². The lowest BCUT2D eigenvalue weighted by atomic mass is 10.1. The summed E-state index contributed by atoms with van der Waals surface area (Å²) in [5, 5.41) is 7.65. The number of nitrogens with zero attached hydrogens (tertiary/aromatic N) is 3. The number of rotatable bonds is 4. The van der Waals surface area contributed by atoms with Crippen molar-refractivity contribution in [2.45, 2.75) is 39.3 Å². The lowest BCUT2D eigenvalue weighted by Gasteiger charge is -2.34. The van der Waals surface area contributed by atoms with Crippen LogP contribution in [0.2, 0.25) is 0 Å². The van der Waals surface area contributed by atoms with Crippen LogP contribution in [0.15, 0.2) is 45.8 Å². The molecule has 31 heavy (non-hydrogen) atoms. The van der Waals surface area contributed by atoms with Gasteiger partial charge in [-0.3, -0.25) is 4.99 Å². The number of piperidine rings is 1. The molecule has 1 aliphatic rings. The summed E-state index contributed by atoms with van der Waals surface area (Å²) in [6.07, 6.45) is 2.03. The van der Waals surface area contributed by atoms with E-state index in [1.54, 1.807) is 13.1 Å². The number of aryl methyl sites for hydroxylation is 2. The maximum absolute atomic E-state index is 13.5. The second-order valence-corrected chi connectivity index (χ2v) is 7.76. The molecular formula is C23H29FIN5O. The SMILES string of the molecule is CN=C(NCc1oc2ccc(F)cc2c1C)NC1CCN(c2cccc(C)n2)CC1.I. The molecule has 1 aromatic carbocycles. The summed E-state index contributed by atoms with van der Waals surface area (Å²) in [6, 6.07) is 11.1. The van der Waals surface area contributed by atoms with E-state index in [0.717, 1.165) is 60.1 Å². The Morgan fingerprint density at radius 3 is 2.71 bits per heavy atom. The topological polar surface area (TPSA) is 65.7 Å². The molecule has 3 aromatic rings. The van der Waals surface area contributed by atoms with Crippen LogP contribution in [0, 0.1) is 19.7 Å². The Labute approximate surface area is 199 Å². The smallest absolute Gasteiger partial charge is 0.191 e. The fraction of sp³-hybridized carbons (Fsp3) is 0.391. The Morgan fingerprint density at radius 2 is 2.00 bits per heavy atom. The first-order valence-corrected chi connectivity index (χ1v) is 10.4. The first-order chi connectivity index (χ1) is 14.5. The van der Waals surface area contributed by atoms with Gasteiger partial charge in [0.25, 0.3) is 0 Å². The number of furan rings is 1. The van der Waals surface area contributed by atoms with Gasteiger partial charge in [-0.2, -0.15) is 0 Å². The molecule has 2 aromatic heterocycles. The van der Waals surface area contributed by atoms with Crippen LogP contribution in [0.3, 0.4) is 0 Å². The standard InChI is InChI=1S/C23H28FN5O.HI/c1-15-5-4-6-22(27-15)29-11-9-18(10-12-29)28-23(25-3)26-14-21-16(2)19-13-17(24)7-8-20(19)30-21;/h4-8,13,18H,9-12,14H2,1-3H3,(H2,25,26,28);1H. The molecule has 0 radical (unpaired) electrons. The fourth-order valence-electron chi connectivity index (χ4n) is 3.92. The summed E-state index contributed by atoms with van der Waals surface area (Å²) in [7, 11) is 1.77. The zero-order valence-corrected chi connectivity index (χ0v) is 20.4. The molecule has 0 spiro atoms. The molecule has 6 nitrogen and oxygen atoms in total. The van der Waals surface area contributed by atoms with Gasteiger partial charge >= 0.3 is 0 Å². The number of anilines is 1. The zero-order chi connectivity index (χ0) is 21.1. The fourth-order valence-corrected chi connectivity index (χ4v) is 3.92. The summed E-state index contributed by atoms with van der Waals surface area (Å²) in [5.41, 5.74) is 2.69. The Morgan fingerprint density at radius 1 is 1.23 bits per heavy atom. The summed E-state index contributed by atoms with van der Waals surface area (Å²) in [4.78, 5) is 11.3. The molecule has 1 saturated heterocycles. The number of halogens is 2. The molecule has 0 aliphatic carbocycles. The van der Waals surface area contributed by atoms with Crippen molar-refractivity contribution in [3.05, 3.63) is 59.2 Å². The van der Waals surface area contributed by atoms with Gasteiger partial charge in [-0.1, -0.05) is 6.07 Å². The average Bonchev–Trinajstić information content (AvgIpc) is 3.06. The van der Waals surface area contributed by atoms with Gasteiger partial charge in [0.2, 0.25) is 0 Å². The van der Waals surface area contributed by atoms with Crippen LogP contribution in [0.5, 0.6) is 0 Å². The lowest BCUT2D eigenvalue weighted by Crippen LogP contribution is -2.48.